The molecule has 0 bridgehead atoms. The third-order valence-corrected chi connectivity index (χ3v) is 5.97. The first-order valence-corrected chi connectivity index (χ1v) is 10.8. The van der Waals surface area contributed by atoms with Crippen LogP contribution in [0.25, 0.3) is 6.08 Å². The van der Waals surface area contributed by atoms with Crippen molar-refractivity contribution >= 4 is 25.6 Å². The van der Waals surface area contributed by atoms with E-state index in [1.165, 1.54) is 0 Å². The Kier molecular flexibility index (Phi) is 7.61. The zero-order chi connectivity index (χ0) is 24.1. The zero-order valence-corrected chi connectivity index (χ0v) is 19.7. The normalized spacial score (nSPS) is 16.9. The third-order valence-electron chi connectivity index (χ3n) is 5.97. The minimum atomic E-state index is -0.703. The van der Waals surface area contributed by atoms with Gasteiger partial charge in [0.1, 0.15) is 12.4 Å². The Balaban J connectivity index is 1.80. The van der Waals surface area contributed by atoms with E-state index in [-0.39, 0.29) is 13.2 Å². The molecule has 0 atom stereocenters. The maximum absolute atomic E-state index is 12.3. The van der Waals surface area contributed by atoms with Crippen LogP contribution < -0.4 is 10.1 Å². The van der Waals surface area contributed by atoms with Crippen LogP contribution in [0.15, 0.2) is 54.0 Å². The predicted octanol–water partition coefficient (Wildman–Crippen LogP) is 4.45. The highest BCUT2D eigenvalue weighted by Crippen LogP contribution is 2.39. The highest BCUT2D eigenvalue weighted by molar-refractivity contribution is 6.56. The van der Waals surface area contributed by atoms with Crippen molar-refractivity contribution in [2.45, 2.75) is 45.5 Å². The van der Waals surface area contributed by atoms with Crippen molar-refractivity contribution in [3.8, 4) is 5.75 Å². The number of methoxy groups -OCH3 is 1. The largest absolute Gasteiger partial charge is 0.497 e. The average molecular weight is 451 g/mol. The Morgan fingerprint density at radius 2 is 1.70 bits per heavy atom. The first kappa shape index (κ1) is 24.5. The second kappa shape index (κ2) is 10.2. The van der Waals surface area contributed by atoms with Crippen molar-refractivity contribution in [1.82, 2.24) is 5.32 Å². The molecule has 8 heteroatoms. The van der Waals surface area contributed by atoms with Crippen LogP contribution in [0.4, 0.5) is 4.79 Å². The number of hydrogen-bond acceptors (Lipinski definition) is 6. The maximum atomic E-state index is 12.3. The number of benzene rings is 2. The first-order chi connectivity index (χ1) is 15.6. The SMILES string of the molecule is COc1ccc(C=C(CNC(=O)OCc2ccccc2)B2OC(C)(C)C(C)(C)O2)c(C=O)c1. The molecule has 33 heavy (non-hydrogen) atoms. The van der Waals surface area contributed by atoms with E-state index >= 15 is 0 Å². The van der Waals surface area contributed by atoms with E-state index in [1.54, 1.807) is 31.4 Å². The fourth-order valence-electron chi connectivity index (χ4n) is 3.26. The second-order valence-corrected chi connectivity index (χ2v) is 8.84. The minimum absolute atomic E-state index is 0.120. The van der Waals surface area contributed by atoms with E-state index in [0.29, 0.717) is 22.3 Å². The number of alkyl carbamates (subject to hydrolysis) is 1. The van der Waals surface area contributed by atoms with Gasteiger partial charge in [-0.3, -0.25) is 4.79 Å². The van der Waals surface area contributed by atoms with Crippen LogP contribution in [-0.4, -0.2) is 44.4 Å². The van der Waals surface area contributed by atoms with Crippen molar-refractivity contribution in [1.29, 1.82) is 0 Å². The molecule has 2 aromatic carbocycles. The van der Waals surface area contributed by atoms with Gasteiger partial charge in [-0.1, -0.05) is 42.5 Å². The molecule has 1 fully saturated rings. The lowest BCUT2D eigenvalue weighted by atomic mass is 9.76. The van der Waals surface area contributed by atoms with Crippen LogP contribution in [0.5, 0.6) is 5.75 Å². The van der Waals surface area contributed by atoms with Gasteiger partial charge < -0.3 is 24.1 Å². The number of ether oxygens (including phenoxy) is 2. The van der Waals surface area contributed by atoms with Gasteiger partial charge in [0.2, 0.25) is 0 Å². The van der Waals surface area contributed by atoms with Gasteiger partial charge in [-0.15, -0.1) is 0 Å². The smallest absolute Gasteiger partial charge is 0.492 e. The predicted molar refractivity (Wildman–Crippen MR) is 127 cm³/mol. The topological polar surface area (TPSA) is 83.1 Å². The van der Waals surface area contributed by atoms with Gasteiger partial charge >= 0.3 is 13.2 Å². The summed E-state index contributed by atoms with van der Waals surface area (Å²) in [5.41, 5.74) is 1.54. The number of carbonyl (C=O) groups is 2. The molecule has 1 N–H and O–H groups in total. The van der Waals surface area contributed by atoms with Crippen LogP contribution in [-0.2, 0) is 20.7 Å². The lowest BCUT2D eigenvalue weighted by Crippen LogP contribution is -2.41. The summed E-state index contributed by atoms with van der Waals surface area (Å²) >= 11 is 0. The standard InChI is InChI=1S/C25H30BNO6/c1-24(2)25(3,4)33-26(32-24)21(13-19-11-12-22(30-5)14-20(19)16-28)15-27-23(29)31-17-18-9-7-6-8-10-18/h6-14,16H,15,17H2,1-5H3,(H,27,29). The van der Waals surface area contributed by atoms with Gasteiger partial charge in [-0.2, -0.15) is 0 Å². The molecule has 1 saturated heterocycles. The van der Waals surface area contributed by atoms with Crippen molar-refractivity contribution < 1.29 is 28.4 Å². The number of aldehydes is 1. The number of amides is 1. The van der Waals surface area contributed by atoms with Crippen LogP contribution in [0.2, 0.25) is 0 Å². The zero-order valence-electron chi connectivity index (χ0n) is 19.7. The Morgan fingerprint density at radius 1 is 1.03 bits per heavy atom. The van der Waals surface area contributed by atoms with Crippen LogP contribution in [0.1, 0.15) is 49.2 Å². The second-order valence-electron chi connectivity index (χ2n) is 8.84. The molecule has 0 spiro atoms. The average Bonchev–Trinajstić information content (AvgIpc) is 3.02. The van der Waals surface area contributed by atoms with Gasteiger partial charge in [0.05, 0.1) is 18.3 Å². The molecular formula is C25H30BNO6. The van der Waals surface area contributed by atoms with Crippen molar-refractivity contribution in [2.24, 2.45) is 0 Å². The maximum Gasteiger partial charge on any atom is 0.492 e. The summed E-state index contributed by atoms with van der Waals surface area (Å²) in [7, 11) is 0.839. The van der Waals surface area contributed by atoms with Crippen molar-refractivity contribution in [2.75, 3.05) is 13.7 Å². The molecular weight excluding hydrogens is 421 g/mol. The lowest BCUT2D eigenvalue weighted by Gasteiger charge is -2.32. The molecule has 1 aliphatic rings. The quantitative estimate of drug-likeness (QED) is 0.472. The van der Waals surface area contributed by atoms with E-state index in [0.717, 1.165) is 11.8 Å². The van der Waals surface area contributed by atoms with E-state index in [1.807, 2.05) is 58.0 Å². The molecule has 0 saturated carbocycles. The summed E-state index contributed by atoms with van der Waals surface area (Å²) in [6.07, 6.45) is 1.99. The van der Waals surface area contributed by atoms with Crippen molar-refractivity contribution in [3.63, 3.8) is 0 Å². The molecule has 0 aromatic heterocycles. The van der Waals surface area contributed by atoms with Crippen LogP contribution in [0.3, 0.4) is 0 Å². The summed E-state index contributed by atoms with van der Waals surface area (Å²) < 4.78 is 22.9. The molecule has 0 radical (unpaired) electrons. The number of carbonyl (C=O) groups excluding carboxylic acids is 2. The summed E-state index contributed by atoms with van der Waals surface area (Å²) in [4.78, 5) is 24.0. The summed E-state index contributed by atoms with van der Waals surface area (Å²) in [5.74, 6) is 0.578. The third kappa shape index (κ3) is 6.03. The van der Waals surface area contributed by atoms with Gasteiger partial charge in [0, 0.05) is 12.1 Å². The molecule has 0 aliphatic carbocycles. The molecule has 174 valence electrons. The van der Waals surface area contributed by atoms with Gasteiger partial charge in [-0.25, -0.2) is 4.79 Å². The van der Waals surface area contributed by atoms with Crippen LogP contribution in [0, 0.1) is 0 Å². The molecule has 1 amide bonds. The van der Waals surface area contributed by atoms with E-state index in [4.69, 9.17) is 18.8 Å². The van der Waals surface area contributed by atoms with E-state index in [9.17, 15) is 9.59 Å². The van der Waals surface area contributed by atoms with Crippen molar-refractivity contribution in [3.05, 3.63) is 70.7 Å². The van der Waals surface area contributed by atoms with Gasteiger partial charge in [-0.05, 0) is 56.4 Å². The Labute approximate surface area is 195 Å². The minimum Gasteiger partial charge on any atom is -0.497 e. The molecule has 1 heterocycles. The number of rotatable bonds is 8. The highest BCUT2D eigenvalue weighted by Gasteiger charge is 2.52. The molecule has 3 rings (SSSR count). The summed E-state index contributed by atoms with van der Waals surface area (Å²) in [5, 5.41) is 2.76. The summed E-state index contributed by atoms with van der Waals surface area (Å²) in [6.45, 7) is 8.10. The van der Waals surface area contributed by atoms with E-state index in [2.05, 4.69) is 5.32 Å². The fourth-order valence-corrected chi connectivity index (χ4v) is 3.26. The van der Waals surface area contributed by atoms with Gasteiger partial charge in [0.15, 0.2) is 6.29 Å². The first-order valence-electron chi connectivity index (χ1n) is 10.8. The molecule has 2 aromatic rings. The van der Waals surface area contributed by atoms with E-state index < -0.39 is 24.4 Å². The molecule has 1 aliphatic heterocycles. The Morgan fingerprint density at radius 3 is 2.30 bits per heavy atom. The number of hydrogen-bond donors (Lipinski definition) is 1. The van der Waals surface area contributed by atoms with Crippen LogP contribution >= 0.6 is 0 Å². The molecule has 0 unspecified atom stereocenters. The highest BCUT2D eigenvalue weighted by atomic mass is 16.7. The Hall–Kier alpha value is -3.10. The number of nitrogens with one attached hydrogen (secondary N) is 1. The Bertz CT molecular complexity index is 1000. The lowest BCUT2D eigenvalue weighted by molar-refractivity contribution is 0.00578. The summed E-state index contributed by atoms with van der Waals surface area (Å²) in [6, 6.07) is 14.6. The van der Waals surface area contributed by atoms with Gasteiger partial charge in [0.25, 0.3) is 0 Å². The molecule has 7 nitrogen and oxygen atoms in total. The monoisotopic (exact) mass is 451 g/mol. The fraction of sp³-hybridized carbons (Fsp3) is 0.360.